The summed E-state index contributed by atoms with van der Waals surface area (Å²) in [6.07, 6.45) is 1.74. The van der Waals surface area contributed by atoms with Gasteiger partial charge >= 0.3 is 0 Å². The Bertz CT molecular complexity index is 542. The Labute approximate surface area is 118 Å². The van der Waals surface area contributed by atoms with Crippen molar-refractivity contribution in [1.29, 1.82) is 0 Å². The number of thiazole rings is 1. The third-order valence-electron chi connectivity index (χ3n) is 2.73. The molecule has 1 aromatic heterocycles. The molecule has 2 nitrogen and oxygen atoms in total. The maximum Gasteiger partial charge on any atom is 0.137 e. The van der Waals surface area contributed by atoms with Gasteiger partial charge in [-0.25, -0.2) is 9.37 Å². The van der Waals surface area contributed by atoms with Crippen LogP contribution in [0.1, 0.15) is 18.4 Å². The molecule has 0 saturated heterocycles. The smallest absolute Gasteiger partial charge is 0.137 e. The molecular weight excluding hydrogens is 315 g/mol. The number of halogens is 2. The molecule has 1 heterocycles. The van der Waals surface area contributed by atoms with Gasteiger partial charge in [0.2, 0.25) is 0 Å². The third kappa shape index (κ3) is 3.16. The minimum absolute atomic E-state index is 0.156. The number of hydrogen-bond acceptors (Lipinski definition) is 3. The maximum atomic E-state index is 13.2. The molecule has 5 heteroatoms. The topological polar surface area (TPSA) is 38.9 Å². The zero-order valence-electron chi connectivity index (χ0n) is 9.99. The Balaban J connectivity index is 2.21. The molecule has 0 amide bonds. The molecule has 96 valence electrons. The summed E-state index contributed by atoms with van der Waals surface area (Å²) in [6, 6.07) is 5.08. The second-order valence-electron chi connectivity index (χ2n) is 4.13. The van der Waals surface area contributed by atoms with Crippen molar-refractivity contribution in [3.63, 3.8) is 0 Å². The lowest BCUT2D eigenvalue weighted by Crippen LogP contribution is -2.21. The second-order valence-corrected chi connectivity index (χ2v) is 5.92. The van der Waals surface area contributed by atoms with Gasteiger partial charge < -0.3 is 5.73 Å². The van der Waals surface area contributed by atoms with Gasteiger partial charge in [0.25, 0.3) is 0 Å². The summed E-state index contributed by atoms with van der Waals surface area (Å²) in [7, 11) is 0. The van der Waals surface area contributed by atoms with E-state index in [1.807, 2.05) is 5.38 Å². The van der Waals surface area contributed by atoms with E-state index in [0.717, 1.165) is 29.1 Å². The molecule has 0 aliphatic rings. The van der Waals surface area contributed by atoms with Gasteiger partial charge in [0.05, 0.1) is 15.2 Å². The number of hydrogen-bond donors (Lipinski definition) is 1. The summed E-state index contributed by atoms with van der Waals surface area (Å²) >= 11 is 4.78. The molecule has 0 aliphatic heterocycles. The fraction of sp³-hybridized carbons (Fsp3) is 0.308. The van der Waals surface area contributed by atoms with E-state index in [1.165, 1.54) is 6.07 Å². The van der Waals surface area contributed by atoms with Crippen LogP contribution in [0.15, 0.2) is 28.1 Å². The molecule has 0 radical (unpaired) electrons. The first-order chi connectivity index (χ1) is 8.60. The van der Waals surface area contributed by atoms with Crippen LogP contribution in [0.2, 0.25) is 0 Å². The maximum absolute atomic E-state index is 13.2. The average Bonchev–Trinajstić information content (AvgIpc) is 2.81. The first kappa shape index (κ1) is 13.6. The molecule has 0 fully saturated rings. The van der Waals surface area contributed by atoms with E-state index in [1.54, 1.807) is 23.5 Å². The van der Waals surface area contributed by atoms with Crippen LogP contribution in [0.4, 0.5) is 4.39 Å². The van der Waals surface area contributed by atoms with Gasteiger partial charge in [0, 0.05) is 23.4 Å². The zero-order valence-corrected chi connectivity index (χ0v) is 12.4. The molecule has 18 heavy (non-hydrogen) atoms. The quantitative estimate of drug-likeness (QED) is 0.921. The fourth-order valence-corrected chi connectivity index (χ4v) is 2.84. The highest BCUT2D eigenvalue weighted by Gasteiger charge is 2.09. The van der Waals surface area contributed by atoms with Gasteiger partial charge in [0.1, 0.15) is 5.82 Å². The molecule has 2 aromatic rings. The van der Waals surface area contributed by atoms with Crippen molar-refractivity contribution in [1.82, 2.24) is 4.98 Å². The molecule has 0 bridgehead atoms. The van der Waals surface area contributed by atoms with Gasteiger partial charge in [-0.2, -0.15) is 0 Å². The van der Waals surface area contributed by atoms with Crippen LogP contribution < -0.4 is 5.73 Å². The van der Waals surface area contributed by atoms with Crippen molar-refractivity contribution in [2.45, 2.75) is 25.8 Å². The lowest BCUT2D eigenvalue weighted by Gasteiger charge is -2.04. The Kier molecular flexibility index (Phi) is 4.48. The summed E-state index contributed by atoms with van der Waals surface area (Å²) in [4.78, 5) is 4.53. The van der Waals surface area contributed by atoms with Crippen LogP contribution in [0.25, 0.3) is 11.3 Å². The summed E-state index contributed by atoms with van der Waals surface area (Å²) < 4.78 is 13.6. The Morgan fingerprint density at radius 1 is 1.50 bits per heavy atom. The average molecular weight is 329 g/mol. The highest BCUT2D eigenvalue weighted by molar-refractivity contribution is 9.10. The highest BCUT2D eigenvalue weighted by Crippen LogP contribution is 2.26. The van der Waals surface area contributed by atoms with Crippen LogP contribution in [0.3, 0.4) is 0 Å². The van der Waals surface area contributed by atoms with Gasteiger partial charge in [-0.05, 0) is 40.5 Å². The van der Waals surface area contributed by atoms with Gasteiger partial charge in [-0.1, -0.05) is 6.92 Å². The van der Waals surface area contributed by atoms with Gasteiger partial charge in [0.15, 0.2) is 0 Å². The van der Waals surface area contributed by atoms with Crippen molar-refractivity contribution in [2.75, 3.05) is 0 Å². The SMILES string of the molecule is CCC(N)Cc1nc(-c2ccc(F)c(Br)c2)cs1. The number of nitrogens with two attached hydrogens (primary N) is 1. The van der Waals surface area contributed by atoms with Crippen molar-refractivity contribution in [3.8, 4) is 11.3 Å². The second kappa shape index (κ2) is 5.91. The first-order valence-corrected chi connectivity index (χ1v) is 7.42. The molecule has 1 aromatic carbocycles. The summed E-state index contributed by atoms with van der Waals surface area (Å²) in [5, 5.41) is 3.01. The van der Waals surface area contributed by atoms with Crippen molar-refractivity contribution >= 4 is 27.3 Å². The fourth-order valence-electron chi connectivity index (χ4n) is 1.56. The predicted octanol–water partition coefficient (Wildman–Crippen LogP) is 3.99. The predicted molar refractivity (Wildman–Crippen MR) is 77.2 cm³/mol. The molecule has 2 rings (SSSR count). The van der Waals surface area contributed by atoms with E-state index >= 15 is 0 Å². The molecular formula is C13H14BrFN2S. The van der Waals surface area contributed by atoms with Crippen LogP contribution in [-0.2, 0) is 6.42 Å². The van der Waals surface area contributed by atoms with E-state index in [0.29, 0.717) is 4.47 Å². The van der Waals surface area contributed by atoms with Crippen LogP contribution >= 0.6 is 27.3 Å². The normalized spacial score (nSPS) is 12.7. The van der Waals surface area contributed by atoms with Gasteiger partial charge in [-0.15, -0.1) is 11.3 Å². The van der Waals surface area contributed by atoms with Crippen LogP contribution in [-0.4, -0.2) is 11.0 Å². The van der Waals surface area contributed by atoms with Crippen molar-refractivity contribution in [2.24, 2.45) is 5.73 Å². The van der Waals surface area contributed by atoms with E-state index in [-0.39, 0.29) is 11.9 Å². The van der Waals surface area contributed by atoms with Crippen LogP contribution in [0, 0.1) is 5.82 Å². The van der Waals surface area contributed by atoms with E-state index < -0.39 is 0 Å². The van der Waals surface area contributed by atoms with E-state index in [9.17, 15) is 4.39 Å². The van der Waals surface area contributed by atoms with Crippen LogP contribution in [0.5, 0.6) is 0 Å². The molecule has 0 spiro atoms. The Hall–Kier alpha value is -0.780. The summed E-state index contributed by atoms with van der Waals surface area (Å²) in [5.74, 6) is -0.262. The molecule has 2 N–H and O–H groups in total. The van der Waals surface area contributed by atoms with Crippen molar-refractivity contribution < 1.29 is 4.39 Å². The summed E-state index contributed by atoms with van der Waals surface area (Å²) in [5.41, 5.74) is 7.69. The molecule has 0 saturated carbocycles. The highest BCUT2D eigenvalue weighted by atomic mass is 79.9. The monoisotopic (exact) mass is 328 g/mol. The lowest BCUT2D eigenvalue weighted by atomic mass is 10.1. The van der Waals surface area contributed by atoms with Crippen molar-refractivity contribution in [3.05, 3.63) is 38.9 Å². The number of benzene rings is 1. The minimum atomic E-state index is -0.262. The van der Waals surface area contributed by atoms with E-state index in [4.69, 9.17) is 5.73 Å². The Morgan fingerprint density at radius 2 is 2.28 bits per heavy atom. The first-order valence-electron chi connectivity index (χ1n) is 5.75. The largest absolute Gasteiger partial charge is 0.327 e. The molecule has 1 atom stereocenters. The van der Waals surface area contributed by atoms with Gasteiger partial charge in [-0.3, -0.25) is 0 Å². The zero-order chi connectivity index (χ0) is 13.1. The standard InChI is InChI=1S/C13H14BrFN2S/c1-2-9(16)6-13-17-12(7-18-13)8-3-4-11(15)10(14)5-8/h3-5,7,9H,2,6,16H2,1H3. The third-order valence-corrected chi connectivity index (χ3v) is 4.21. The molecule has 0 aliphatic carbocycles. The lowest BCUT2D eigenvalue weighted by molar-refractivity contribution is 0.621. The van der Waals surface area contributed by atoms with E-state index in [2.05, 4.69) is 27.8 Å². The number of aromatic nitrogens is 1. The molecule has 1 unspecified atom stereocenters. The number of nitrogens with zero attached hydrogens (tertiary/aromatic N) is 1. The Morgan fingerprint density at radius 3 is 2.94 bits per heavy atom. The minimum Gasteiger partial charge on any atom is -0.327 e. The summed E-state index contributed by atoms with van der Waals surface area (Å²) in [6.45, 7) is 2.07. The number of rotatable bonds is 4.